The molecule has 3 rings (SSSR count). The molecule has 21 heavy (non-hydrogen) atoms. The van der Waals surface area contributed by atoms with Gasteiger partial charge >= 0.3 is 0 Å². The molecule has 2 amide bonds. The van der Waals surface area contributed by atoms with E-state index in [0.29, 0.717) is 6.42 Å². The summed E-state index contributed by atoms with van der Waals surface area (Å²) < 4.78 is 0. The van der Waals surface area contributed by atoms with Crippen molar-refractivity contribution in [3.8, 4) is 0 Å². The second-order valence-electron chi connectivity index (χ2n) is 6.49. The maximum atomic E-state index is 12.8. The lowest BCUT2D eigenvalue weighted by Crippen LogP contribution is -2.70. The SMILES string of the molecule is CC1C(=O)NC(Cc2ccccc2)C(=O)N1C1(C)CCC1. The van der Waals surface area contributed by atoms with E-state index in [4.69, 9.17) is 0 Å². The molecule has 4 nitrogen and oxygen atoms in total. The summed E-state index contributed by atoms with van der Waals surface area (Å²) in [6.45, 7) is 3.93. The van der Waals surface area contributed by atoms with E-state index in [2.05, 4.69) is 12.2 Å². The molecule has 1 heterocycles. The lowest BCUT2D eigenvalue weighted by atomic mass is 9.75. The zero-order valence-corrected chi connectivity index (χ0v) is 12.6. The summed E-state index contributed by atoms with van der Waals surface area (Å²) in [5.41, 5.74) is 0.938. The van der Waals surface area contributed by atoms with Gasteiger partial charge in [-0.25, -0.2) is 0 Å². The van der Waals surface area contributed by atoms with Crippen molar-refractivity contribution in [2.45, 2.75) is 57.2 Å². The third kappa shape index (κ3) is 2.43. The highest BCUT2D eigenvalue weighted by Crippen LogP contribution is 2.39. The Labute approximate surface area is 125 Å². The molecule has 1 aliphatic heterocycles. The summed E-state index contributed by atoms with van der Waals surface area (Å²) in [7, 11) is 0. The number of carbonyl (C=O) groups excluding carboxylic acids is 2. The van der Waals surface area contributed by atoms with Crippen molar-refractivity contribution in [1.29, 1.82) is 0 Å². The zero-order chi connectivity index (χ0) is 15.0. The van der Waals surface area contributed by atoms with Gasteiger partial charge < -0.3 is 10.2 Å². The van der Waals surface area contributed by atoms with E-state index in [9.17, 15) is 9.59 Å². The van der Waals surface area contributed by atoms with Crippen LogP contribution < -0.4 is 5.32 Å². The molecular weight excluding hydrogens is 264 g/mol. The maximum Gasteiger partial charge on any atom is 0.246 e. The van der Waals surface area contributed by atoms with Crippen LogP contribution in [-0.2, 0) is 16.0 Å². The molecule has 0 bridgehead atoms. The fourth-order valence-corrected chi connectivity index (χ4v) is 3.48. The molecule has 1 saturated carbocycles. The molecule has 2 unspecified atom stereocenters. The molecule has 0 spiro atoms. The van der Waals surface area contributed by atoms with E-state index in [-0.39, 0.29) is 23.4 Å². The third-order valence-electron chi connectivity index (χ3n) is 4.91. The van der Waals surface area contributed by atoms with Gasteiger partial charge in [-0.15, -0.1) is 0 Å². The number of rotatable bonds is 3. The van der Waals surface area contributed by atoms with E-state index < -0.39 is 6.04 Å². The number of nitrogens with zero attached hydrogens (tertiary/aromatic N) is 1. The molecule has 1 aromatic rings. The van der Waals surface area contributed by atoms with Crippen LogP contribution in [0.1, 0.15) is 38.7 Å². The van der Waals surface area contributed by atoms with Crippen molar-refractivity contribution in [2.24, 2.45) is 0 Å². The van der Waals surface area contributed by atoms with Crippen molar-refractivity contribution < 1.29 is 9.59 Å². The van der Waals surface area contributed by atoms with Gasteiger partial charge in [0.2, 0.25) is 11.8 Å². The number of hydrogen-bond acceptors (Lipinski definition) is 2. The highest BCUT2D eigenvalue weighted by atomic mass is 16.2. The molecule has 4 heteroatoms. The Morgan fingerprint density at radius 1 is 1.24 bits per heavy atom. The van der Waals surface area contributed by atoms with Crippen LogP contribution in [0, 0.1) is 0 Å². The van der Waals surface area contributed by atoms with Crippen molar-refractivity contribution >= 4 is 11.8 Å². The summed E-state index contributed by atoms with van der Waals surface area (Å²) >= 11 is 0. The van der Waals surface area contributed by atoms with Crippen LogP contribution in [0.15, 0.2) is 30.3 Å². The Kier molecular flexibility index (Phi) is 3.47. The molecule has 2 fully saturated rings. The highest BCUT2D eigenvalue weighted by Gasteiger charge is 2.49. The van der Waals surface area contributed by atoms with Gasteiger partial charge in [0, 0.05) is 12.0 Å². The van der Waals surface area contributed by atoms with Crippen LogP contribution in [0.25, 0.3) is 0 Å². The number of amides is 2. The number of carbonyl (C=O) groups is 2. The minimum atomic E-state index is -0.437. The van der Waals surface area contributed by atoms with Crippen LogP contribution in [0.5, 0.6) is 0 Å². The predicted octanol–water partition coefficient (Wildman–Crippen LogP) is 1.89. The van der Waals surface area contributed by atoms with Crippen LogP contribution in [0.2, 0.25) is 0 Å². The fourth-order valence-electron chi connectivity index (χ4n) is 3.48. The lowest BCUT2D eigenvalue weighted by Gasteiger charge is -2.53. The zero-order valence-electron chi connectivity index (χ0n) is 12.6. The first-order chi connectivity index (χ1) is 10.0. The Hall–Kier alpha value is -1.84. The first-order valence-electron chi connectivity index (χ1n) is 7.69. The topological polar surface area (TPSA) is 49.4 Å². The molecule has 2 atom stereocenters. The average molecular weight is 286 g/mol. The van der Waals surface area contributed by atoms with Gasteiger partial charge in [-0.3, -0.25) is 9.59 Å². The number of piperazine rings is 1. The lowest BCUT2D eigenvalue weighted by molar-refractivity contribution is -0.159. The molecular formula is C17H22N2O2. The van der Waals surface area contributed by atoms with E-state index in [1.807, 2.05) is 42.2 Å². The van der Waals surface area contributed by atoms with E-state index in [1.165, 1.54) is 0 Å². The van der Waals surface area contributed by atoms with Crippen LogP contribution in [0.4, 0.5) is 0 Å². The summed E-state index contributed by atoms with van der Waals surface area (Å²) in [4.78, 5) is 26.9. The number of hydrogen-bond donors (Lipinski definition) is 1. The molecule has 2 aliphatic rings. The molecule has 1 aromatic carbocycles. The second kappa shape index (κ2) is 5.17. The van der Waals surface area contributed by atoms with Gasteiger partial charge in [-0.05, 0) is 38.7 Å². The van der Waals surface area contributed by atoms with Crippen LogP contribution in [-0.4, -0.2) is 34.3 Å². The highest BCUT2D eigenvalue weighted by molar-refractivity contribution is 5.97. The quantitative estimate of drug-likeness (QED) is 0.922. The van der Waals surface area contributed by atoms with Crippen molar-refractivity contribution in [3.05, 3.63) is 35.9 Å². The minimum Gasteiger partial charge on any atom is -0.342 e. The van der Waals surface area contributed by atoms with Gasteiger partial charge in [0.25, 0.3) is 0 Å². The van der Waals surface area contributed by atoms with Gasteiger partial charge in [-0.2, -0.15) is 0 Å². The molecule has 1 saturated heterocycles. The van der Waals surface area contributed by atoms with Crippen molar-refractivity contribution in [2.75, 3.05) is 0 Å². The first-order valence-corrected chi connectivity index (χ1v) is 7.69. The van der Waals surface area contributed by atoms with Gasteiger partial charge in [0.1, 0.15) is 12.1 Å². The molecule has 1 aliphatic carbocycles. The van der Waals surface area contributed by atoms with Crippen molar-refractivity contribution in [3.63, 3.8) is 0 Å². The summed E-state index contributed by atoms with van der Waals surface area (Å²) in [6, 6.07) is 9.05. The standard InChI is InChI=1S/C17H22N2O2/c1-12-15(20)18-14(11-13-7-4-3-5-8-13)16(21)19(12)17(2)9-6-10-17/h3-5,7-8,12,14H,6,9-11H2,1-2H3,(H,18,20). The Morgan fingerprint density at radius 3 is 2.48 bits per heavy atom. The minimum absolute atomic E-state index is 0.0383. The Morgan fingerprint density at radius 2 is 1.90 bits per heavy atom. The average Bonchev–Trinajstić information content (AvgIpc) is 2.44. The fraction of sp³-hybridized carbons (Fsp3) is 0.529. The first kappa shape index (κ1) is 14.1. The third-order valence-corrected chi connectivity index (χ3v) is 4.91. The van der Waals surface area contributed by atoms with Gasteiger partial charge in [-0.1, -0.05) is 30.3 Å². The molecule has 0 aromatic heterocycles. The maximum absolute atomic E-state index is 12.8. The molecule has 112 valence electrons. The van der Waals surface area contributed by atoms with Crippen LogP contribution in [0.3, 0.4) is 0 Å². The monoisotopic (exact) mass is 286 g/mol. The number of benzene rings is 1. The molecule has 1 N–H and O–H groups in total. The largest absolute Gasteiger partial charge is 0.342 e. The Bertz CT molecular complexity index is 551. The van der Waals surface area contributed by atoms with Gasteiger partial charge in [0.05, 0.1) is 0 Å². The second-order valence-corrected chi connectivity index (χ2v) is 6.49. The van der Waals surface area contributed by atoms with Crippen LogP contribution >= 0.6 is 0 Å². The van der Waals surface area contributed by atoms with Gasteiger partial charge in [0.15, 0.2) is 0 Å². The van der Waals surface area contributed by atoms with E-state index in [0.717, 1.165) is 24.8 Å². The summed E-state index contributed by atoms with van der Waals surface area (Å²) in [5, 5.41) is 2.88. The summed E-state index contributed by atoms with van der Waals surface area (Å²) in [5.74, 6) is 0.0248. The molecule has 0 radical (unpaired) electrons. The van der Waals surface area contributed by atoms with Crippen molar-refractivity contribution in [1.82, 2.24) is 10.2 Å². The smallest absolute Gasteiger partial charge is 0.246 e. The normalized spacial score (nSPS) is 28.0. The number of nitrogens with one attached hydrogen (secondary N) is 1. The Balaban J connectivity index is 1.82. The van der Waals surface area contributed by atoms with E-state index >= 15 is 0 Å². The summed E-state index contributed by atoms with van der Waals surface area (Å²) in [6.07, 6.45) is 3.69. The predicted molar refractivity (Wildman–Crippen MR) is 80.6 cm³/mol. The van der Waals surface area contributed by atoms with E-state index in [1.54, 1.807) is 0 Å².